The van der Waals surface area contributed by atoms with Gasteiger partial charge in [0, 0.05) is 6.54 Å². The molecule has 1 aliphatic carbocycles. The first-order valence-electron chi connectivity index (χ1n) is 4.28. The van der Waals surface area contributed by atoms with Crippen molar-refractivity contribution in [2.75, 3.05) is 6.54 Å². The second-order valence-electron chi connectivity index (χ2n) is 3.25. The smallest absolute Gasteiger partial charge is 0.288 e. The van der Waals surface area contributed by atoms with Gasteiger partial charge in [0.05, 0.1) is 11.3 Å². The van der Waals surface area contributed by atoms with Crippen molar-refractivity contribution in [3.05, 3.63) is 23.1 Å². The van der Waals surface area contributed by atoms with Gasteiger partial charge in [0.1, 0.15) is 0 Å². The molecule has 0 unspecified atom stereocenters. The zero-order valence-corrected chi connectivity index (χ0v) is 7.80. The molecule has 0 aromatic carbocycles. The van der Waals surface area contributed by atoms with Crippen molar-refractivity contribution in [2.45, 2.75) is 12.8 Å². The van der Waals surface area contributed by atoms with E-state index in [1.807, 2.05) is 0 Å². The molecule has 1 aliphatic rings. The minimum absolute atomic E-state index is 0.210. The average molecular weight is 200 g/mol. The normalized spacial score (nSPS) is 15.8. The predicted molar refractivity (Wildman–Crippen MR) is 48.8 cm³/mol. The minimum Gasteiger partial charge on any atom is -0.458 e. The van der Waals surface area contributed by atoms with Crippen LogP contribution >= 0.6 is 11.6 Å². The fourth-order valence-corrected chi connectivity index (χ4v) is 1.28. The van der Waals surface area contributed by atoms with Crippen LogP contribution in [0.25, 0.3) is 0 Å². The lowest BCUT2D eigenvalue weighted by atomic mass is 10.4. The second kappa shape index (κ2) is 3.42. The molecule has 0 aliphatic heterocycles. The molecule has 0 bridgehead atoms. The van der Waals surface area contributed by atoms with Gasteiger partial charge < -0.3 is 9.73 Å². The third-order valence-corrected chi connectivity index (χ3v) is 2.37. The maximum absolute atomic E-state index is 11.4. The largest absolute Gasteiger partial charge is 0.458 e. The van der Waals surface area contributed by atoms with Crippen LogP contribution < -0.4 is 5.32 Å². The Morgan fingerprint density at radius 2 is 2.46 bits per heavy atom. The molecule has 0 radical (unpaired) electrons. The Morgan fingerprint density at radius 3 is 3.00 bits per heavy atom. The maximum atomic E-state index is 11.4. The number of hydrogen-bond acceptors (Lipinski definition) is 2. The number of rotatable bonds is 3. The van der Waals surface area contributed by atoms with Crippen LogP contribution in [0.15, 0.2) is 16.7 Å². The summed E-state index contributed by atoms with van der Waals surface area (Å²) in [6.07, 6.45) is 3.84. The molecule has 3 nitrogen and oxygen atoms in total. The van der Waals surface area contributed by atoms with Crippen molar-refractivity contribution in [1.29, 1.82) is 0 Å². The highest BCUT2D eigenvalue weighted by molar-refractivity contribution is 6.33. The molecule has 0 saturated heterocycles. The minimum atomic E-state index is -0.220. The molecule has 1 amide bonds. The van der Waals surface area contributed by atoms with E-state index in [2.05, 4.69) is 5.32 Å². The van der Waals surface area contributed by atoms with E-state index in [0.29, 0.717) is 10.9 Å². The van der Waals surface area contributed by atoms with Crippen molar-refractivity contribution < 1.29 is 9.21 Å². The molecule has 0 spiro atoms. The Morgan fingerprint density at radius 1 is 1.69 bits per heavy atom. The van der Waals surface area contributed by atoms with Crippen LogP contribution in [-0.2, 0) is 0 Å². The summed E-state index contributed by atoms with van der Waals surface area (Å²) in [5.74, 6) is 0.655. The molecular weight excluding hydrogens is 190 g/mol. The van der Waals surface area contributed by atoms with Crippen molar-refractivity contribution >= 4 is 17.5 Å². The number of halogens is 1. The lowest BCUT2D eigenvalue weighted by Crippen LogP contribution is -2.25. The Balaban J connectivity index is 1.92. The zero-order valence-electron chi connectivity index (χ0n) is 7.05. The Labute approximate surface area is 81.1 Å². The molecule has 0 atom stereocenters. The van der Waals surface area contributed by atoms with E-state index >= 15 is 0 Å². The molecule has 4 heteroatoms. The summed E-state index contributed by atoms with van der Waals surface area (Å²) in [6, 6.07) is 1.56. The lowest BCUT2D eigenvalue weighted by molar-refractivity contribution is 0.0924. The van der Waals surface area contributed by atoms with Gasteiger partial charge >= 0.3 is 0 Å². The number of carbonyl (C=O) groups is 1. The average Bonchev–Trinajstić information content (AvgIpc) is 2.84. The van der Waals surface area contributed by atoms with Crippen molar-refractivity contribution in [1.82, 2.24) is 5.32 Å². The number of carbonyl (C=O) groups excluding carboxylic acids is 1. The van der Waals surface area contributed by atoms with Crippen LogP contribution in [0.4, 0.5) is 0 Å². The number of nitrogens with one attached hydrogen (secondary N) is 1. The lowest BCUT2D eigenvalue weighted by Gasteiger charge is -2.00. The maximum Gasteiger partial charge on any atom is 0.288 e. The molecule has 1 fully saturated rings. The van der Waals surface area contributed by atoms with Crippen LogP contribution in [0.1, 0.15) is 23.4 Å². The van der Waals surface area contributed by atoms with Crippen molar-refractivity contribution in [3.63, 3.8) is 0 Å². The van der Waals surface area contributed by atoms with Gasteiger partial charge in [-0.25, -0.2) is 0 Å². The van der Waals surface area contributed by atoms with Gasteiger partial charge in [0.25, 0.3) is 5.91 Å². The van der Waals surface area contributed by atoms with E-state index < -0.39 is 0 Å². The third kappa shape index (κ3) is 2.04. The second-order valence-corrected chi connectivity index (χ2v) is 3.66. The molecule has 2 rings (SSSR count). The fourth-order valence-electron chi connectivity index (χ4n) is 1.10. The molecule has 1 saturated carbocycles. The van der Waals surface area contributed by atoms with E-state index in [4.69, 9.17) is 16.0 Å². The summed E-state index contributed by atoms with van der Waals surface area (Å²) in [7, 11) is 0. The van der Waals surface area contributed by atoms with Gasteiger partial charge in [-0.3, -0.25) is 4.79 Å². The highest BCUT2D eigenvalue weighted by atomic mass is 35.5. The Bertz CT molecular complexity index is 317. The highest BCUT2D eigenvalue weighted by Crippen LogP contribution is 2.27. The highest BCUT2D eigenvalue weighted by Gasteiger charge is 2.23. The van der Waals surface area contributed by atoms with E-state index in [1.54, 1.807) is 6.07 Å². The monoisotopic (exact) mass is 199 g/mol. The first kappa shape index (κ1) is 8.63. The van der Waals surface area contributed by atoms with Crippen LogP contribution in [0, 0.1) is 5.92 Å². The molecule has 70 valence electrons. The molecule has 1 aromatic rings. The SMILES string of the molecule is O=C(NCC1CC1)c1occc1Cl. The van der Waals surface area contributed by atoms with E-state index in [-0.39, 0.29) is 11.7 Å². The summed E-state index contributed by atoms with van der Waals surface area (Å²) in [5, 5.41) is 3.14. The van der Waals surface area contributed by atoms with Crippen LogP contribution in [-0.4, -0.2) is 12.5 Å². The van der Waals surface area contributed by atoms with E-state index in [9.17, 15) is 4.79 Å². The standard InChI is InChI=1S/C9H10ClNO2/c10-7-3-4-13-8(7)9(12)11-5-6-1-2-6/h3-4,6H,1-2,5H2,(H,11,12). The number of hydrogen-bond donors (Lipinski definition) is 1. The zero-order chi connectivity index (χ0) is 9.26. The quantitative estimate of drug-likeness (QED) is 0.810. The molecule has 1 aromatic heterocycles. The van der Waals surface area contributed by atoms with E-state index in [0.717, 1.165) is 6.54 Å². The summed E-state index contributed by atoms with van der Waals surface area (Å²) >= 11 is 5.71. The summed E-state index contributed by atoms with van der Waals surface area (Å²) in [4.78, 5) is 11.4. The fraction of sp³-hybridized carbons (Fsp3) is 0.444. The Hall–Kier alpha value is -0.960. The van der Waals surface area contributed by atoms with Gasteiger partial charge in [0.15, 0.2) is 0 Å². The van der Waals surface area contributed by atoms with Crippen LogP contribution in [0.5, 0.6) is 0 Å². The van der Waals surface area contributed by atoms with Crippen molar-refractivity contribution in [2.24, 2.45) is 5.92 Å². The molecular formula is C9H10ClNO2. The van der Waals surface area contributed by atoms with Gasteiger partial charge in [-0.1, -0.05) is 11.6 Å². The summed E-state index contributed by atoms with van der Waals surface area (Å²) < 4.78 is 4.93. The van der Waals surface area contributed by atoms with E-state index in [1.165, 1.54) is 19.1 Å². The number of furan rings is 1. The van der Waals surface area contributed by atoms with Crippen LogP contribution in [0.3, 0.4) is 0 Å². The first-order chi connectivity index (χ1) is 6.27. The third-order valence-electron chi connectivity index (χ3n) is 2.07. The van der Waals surface area contributed by atoms with Crippen LogP contribution in [0.2, 0.25) is 5.02 Å². The molecule has 1 N–H and O–H groups in total. The topological polar surface area (TPSA) is 42.2 Å². The predicted octanol–water partition coefficient (Wildman–Crippen LogP) is 2.07. The van der Waals surface area contributed by atoms with Crippen molar-refractivity contribution in [3.8, 4) is 0 Å². The summed E-state index contributed by atoms with van der Waals surface area (Å²) in [6.45, 7) is 0.732. The van der Waals surface area contributed by atoms with Gasteiger partial charge in [0.2, 0.25) is 5.76 Å². The molecule has 13 heavy (non-hydrogen) atoms. The number of amides is 1. The van der Waals surface area contributed by atoms with Gasteiger partial charge in [-0.15, -0.1) is 0 Å². The van der Waals surface area contributed by atoms with Gasteiger partial charge in [-0.2, -0.15) is 0 Å². The van der Waals surface area contributed by atoms with Gasteiger partial charge in [-0.05, 0) is 24.8 Å². The molecule has 1 heterocycles. The summed E-state index contributed by atoms with van der Waals surface area (Å²) in [5.41, 5.74) is 0. The Kier molecular flexibility index (Phi) is 2.27. The first-order valence-corrected chi connectivity index (χ1v) is 4.66.